The minimum atomic E-state index is 0.565. The van der Waals surface area contributed by atoms with Crippen molar-refractivity contribution in [2.24, 2.45) is 5.73 Å². The molecule has 2 aromatic rings. The lowest BCUT2D eigenvalue weighted by molar-refractivity contribution is 0.634. The Morgan fingerprint density at radius 1 is 1.28 bits per heavy atom. The van der Waals surface area contributed by atoms with Crippen LogP contribution in [0.2, 0.25) is 0 Å². The van der Waals surface area contributed by atoms with Crippen molar-refractivity contribution in [1.29, 1.82) is 0 Å². The van der Waals surface area contributed by atoms with Gasteiger partial charge in [-0.15, -0.1) is 0 Å². The Balaban J connectivity index is 2.22. The van der Waals surface area contributed by atoms with Gasteiger partial charge >= 0.3 is 0 Å². The van der Waals surface area contributed by atoms with Gasteiger partial charge in [0.15, 0.2) is 0 Å². The van der Waals surface area contributed by atoms with Crippen LogP contribution < -0.4 is 5.73 Å². The third kappa shape index (κ3) is 3.00. The third-order valence-corrected chi connectivity index (χ3v) is 3.52. The SMILES string of the molecule is CCCc1c(CN)cnn1Cc1ccc(Br)cc1. The second kappa shape index (κ2) is 6.16. The number of halogens is 1. The second-order valence-corrected chi connectivity index (χ2v) is 5.27. The summed E-state index contributed by atoms with van der Waals surface area (Å²) >= 11 is 3.45. The van der Waals surface area contributed by atoms with Gasteiger partial charge in [-0.2, -0.15) is 5.10 Å². The van der Waals surface area contributed by atoms with Crippen molar-refractivity contribution in [1.82, 2.24) is 9.78 Å². The molecule has 0 radical (unpaired) electrons. The summed E-state index contributed by atoms with van der Waals surface area (Å²) in [4.78, 5) is 0. The summed E-state index contributed by atoms with van der Waals surface area (Å²) < 4.78 is 3.16. The molecule has 0 atom stereocenters. The van der Waals surface area contributed by atoms with E-state index in [-0.39, 0.29) is 0 Å². The van der Waals surface area contributed by atoms with Crippen LogP contribution >= 0.6 is 15.9 Å². The predicted molar refractivity (Wildman–Crippen MR) is 77.4 cm³/mol. The molecule has 2 N–H and O–H groups in total. The molecule has 0 unspecified atom stereocenters. The Morgan fingerprint density at radius 2 is 2.00 bits per heavy atom. The first-order chi connectivity index (χ1) is 8.74. The van der Waals surface area contributed by atoms with Crippen LogP contribution in [-0.4, -0.2) is 9.78 Å². The summed E-state index contributed by atoms with van der Waals surface area (Å²) in [7, 11) is 0. The Labute approximate surface area is 116 Å². The lowest BCUT2D eigenvalue weighted by Crippen LogP contribution is -2.08. The minimum Gasteiger partial charge on any atom is -0.326 e. The maximum absolute atomic E-state index is 5.75. The number of nitrogens with zero attached hydrogens (tertiary/aromatic N) is 2. The molecule has 2 rings (SSSR count). The van der Waals surface area contributed by atoms with Gasteiger partial charge in [-0.05, 0) is 24.1 Å². The van der Waals surface area contributed by atoms with Gasteiger partial charge in [0.2, 0.25) is 0 Å². The normalized spacial score (nSPS) is 10.8. The second-order valence-electron chi connectivity index (χ2n) is 4.35. The van der Waals surface area contributed by atoms with Gasteiger partial charge in [0, 0.05) is 22.3 Å². The molecular formula is C14H18BrN3. The first-order valence-electron chi connectivity index (χ1n) is 6.22. The highest BCUT2D eigenvalue weighted by Gasteiger charge is 2.09. The van der Waals surface area contributed by atoms with Crippen LogP contribution in [0.5, 0.6) is 0 Å². The smallest absolute Gasteiger partial charge is 0.0662 e. The van der Waals surface area contributed by atoms with Crippen molar-refractivity contribution >= 4 is 15.9 Å². The molecule has 0 aliphatic rings. The molecule has 0 amide bonds. The van der Waals surface area contributed by atoms with E-state index >= 15 is 0 Å². The van der Waals surface area contributed by atoms with Crippen molar-refractivity contribution in [3.8, 4) is 0 Å². The van der Waals surface area contributed by atoms with E-state index in [1.807, 2.05) is 6.20 Å². The summed E-state index contributed by atoms with van der Waals surface area (Å²) in [5.74, 6) is 0. The van der Waals surface area contributed by atoms with E-state index in [9.17, 15) is 0 Å². The molecule has 0 saturated carbocycles. The molecular weight excluding hydrogens is 290 g/mol. The topological polar surface area (TPSA) is 43.8 Å². The zero-order valence-corrected chi connectivity index (χ0v) is 12.2. The summed E-state index contributed by atoms with van der Waals surface area (Å²) in [5.41, 5.74) is 9.43. The molecule has 0 spiro atoms. The van der Waals surface area contributed by atoms with Crippen LogP contribution in [0.1, 0.15) is 30.2 Å². The van der Waals surface area contributed by atoms with Gasteiger partial charge in [-0.3, -0.25) is 4.68 Å². The average molecular weight is 308 g/mol. The van der Waals surface area contributed by atoms with Crippen molar-refractivity contribution < 1.29 is 0 Å². The number of hydrogen-bond acceptors (Lipinski definition) is 2. The molecule has 0 fully saturated rings. The van der Waals surface area contributed by atoms with Crippen LogP contribution in [0, 0.1) is 0 Å². The first-order valence-corrected chi connectivity index (χ1v) is 7.02. The van der Waals surface area contributed by atoms with Crippen LogP contribution in [0.25, 0.3) is 0 Å². The maximum Gasteiger partial charge on any atom is 0.0662 e. The van der Waals surface area contributed by atoms with Crippen LogP contribution in [0.4, 0.5) is 0 Å². The van der Waals surface area contributed by atoms with Gasteiger partial charge in [-0.1, -0.05) is 41.4 Å². The van der Waals surface area contributed by atoms with Gasteiger partial charge < -0.3 is 5.73 Å². The van der Waals surface area contributed by atoms with Crippen LogP contribution in [0.15, 0.2) is 34.9 Å². The van der Waals surface area contributed by atoms with Crippen LogP contribution in [0.3, 0.4) is 0 Å². The molecule has 96 valence electrons. The first kappa shape index (κ1) is 13.3. The Hall–Kier alpha value is -1.13. The zero-order chi connectivity index (χ0) is 13.0. The number of hydrogen-bond donors (Lipinski definition) is 1. The highest BCUT2D eigenvalue weighted by molar-refractivity contribution is 9.10. The van der Waals surface area contributed by atoms with E-state index < -0.39 is 0 Å². The number of benzene rings is 1. The standard InChI is InChI=1S/C14H18BrN3/c1-2-3-14-12(8-16)9-17-18(14)10-11-4-6-13(15)7-5-11/h4-7,9H,2-3,8,10,16H2,1H3. The Bertz CT molecular complexity index is 502. The van der Waals surface area contributed by atoms with Crippen molar-refractivity contribution in [2.45, 2.75) is 32.9 Å². The van der Waals surface area contributed by atoms with Gasteiger partial charge in [0.1, 0.15) is 0 Å². The van der Waals surface area contributed by atoms with Crippen LogP contribution in [-0.2, 0) is 19.5 Å². The fraction of sp³-hybridized carbons (Fsp3) is 0.357. The molecule has 1 aromatic heterocycles. The molecule has 0 aliphatic carbocycles. The van der Waals surface area contributed by atoms with Crippen molar-refractivity contribution in [3.05, 3.63) is 51.8 Å². The third-order valence-electron chi connectivity index (χ3n) is 2.99. The molecule has 0 bridgehead atoms. The fourth-order valence-electron chi connectivity index (χ4n) is 2.05. The Morgan fingerprint density at radius 3 is 2.61 bits per heavy atom. The highest BCUT2D eigenvalue weighted by atomic mass is 79.9. The molecule has 0 saturated heterocycles. The molecule has 18 heavy (non-hydrogen) atoms. The maximum atomic E-state index is 5.75. The van der Waals surface area contributed by atoms with E-state index in [4.69, 9.17) is 5.73 Å². The molecule has 1 aromatic carbocycles. The number of rotatable bonds is 5. The zero-order valence-electron chi connectivity index (χ0n) is 10.6. The van der Waals surface area contributed by atoms with E-state index in [2.05, 4.69) is 56.9 Å². The van der Waals surface area contributed by atoms with Crippen molar-refractivity contribution in [3.63, 3.8) is 0 Å². The molecule has 0 aliphatic heterocycles. The summed E-state index contributed by atoms with van der Waals surface area (Å²) in [6.45, 7) is 3.55. The van der Waals surface area contributed by atoms with Gasteiger partial charge in [0.25, 0.3) is 0 Å². The summed E-state index contributed by atoms with van der Waals surface area (Å²) in [6, 6.07) is 8.34. The van der Waals surface area contributed by atoms with Gasteiger partial charge in [-0.25, -0.2) is 0 Å². The average Bonchev–Trinajstić information content (AvgIpc) is 2.75. The Kier molecular flexibility index (Phi) is 4.55. The largest absolute Gasteiger partial charge is 0.326 e. The molecule has 1 heterocycles. The van der Waals surface area contributed by atoms with E-state index in [1.165, 1.54) is 11.3 Å². The monoisotopic (exact) mass is 307 g/mol. The summed E-state index contributed by atoms with van der Waals surface area (Å²) in [5, 5.41) is 4.45. The summed E-state index contributed by atoms with van der Waals surface area (Å²) in [6.07, 6.45) is 4.03. The lowest BCUT2D eigenvalue weighted by Gasteiger charge is -2.08. The quantitative estimate of drug-likeness (QED) is 0.922. The van der Waals surface area contributed by atoms with E-state index in [1.54, 1.807) is 0 Å². The molecule has 3 nitrogen and oxygen atoms in total. The number of aromatic nitrogens is 2. The lowest BCUT2D eigenvalue weighted by atomic mass is 10.1. The van der Waals surface area contributed by atoms with Gasteiger partial charge in [0.05, 0.1) is 12.7 Å². The highest BCUT2D eigenvalue weighted by Crippen LogP contribution is 2.15. The predicted octanol–water partition coefficient (Wildman–Crippen LogP) is 3.11. The molecule has 4 heteroatoms. The van der Waals surface area contributed by atoms with Crippen molar-refractivity contribution in [2.75, 3.05) is 0 Å². The fourth-order valence-corrected chi connectivity index (χ4v) is 2.31. The van der Waals surface area contributed by atoms with E-state index in [0.717, 1.165) is 29.4 Å². The minimum absolute atomic E-state index is 0.565. The van der Waals surface area contributed by atoms with E-state index in [0.29, 0.717) is 6.54 Å². The number of nitrogens with two attached hydrogens (primary N) is 1.